The summed E-state index contributed by atoms with van der Waals surface area (Å²) >= 11 is 1.68. The van der Waals surface area contributed by atoms with E-state index in [4.69, 9.17) is 4.99 Å². The van der Waals surface area contributed by atoms with Crippen molar-refractivity contribution in [1.29, 1.82) is 0 Å². The first-order valence-corrected chi connectivity index (χ1v) is 8.27. The molecule has 0 aliphatic rings. The lowest BCUT2D eigenvalue weighted by atomic mass is 10.1. The first-order chi connectivity index (χ1) is 10.1. The Kier molecular flexibility index (Phi) is 5.45. The van der Waals surface area contributed by atoms with E-state index in [1.54, 1.807) is 11.8 Å². The van der Waals surface area contributed by atoms with Crippen LogP contribution in [0.25, 0.3) is 0 Å². The molecular formula is C18H22N2S. The van der Waals surface area contributed by atoms with Gasteiger partial charge in [0.15, 0.2) is 5.17 Å². The van der Waals surface area contributed by atoms with Crippen LogP contribution in [0.15, 0.2) is 53.5 Å². The zero-order chi connectivity index (χ0) is 15.2. The van der Waals surface area contributed by atoms with Crippen LogP contribution >= 0.6 is 11.8 Å². The normalized spacial score (nSPS) is 11.5. The number of aliphatic imine (C=N–C) groups is 1. The van der Waals surface area contributed by atoms with Gasteiger partial charge in [-0.2, -0.15) is 0 Å². The van der Waals surface area contributed by atoms with E-state index >= 15 is 0 Å². The molecule has 110 valence electrons. The van der Waals surface area contributed by atoms with E-state index in [1.807, 2.05) is 6.07 Å². The number of benzene rings is 2. The number of nitrogens with zero attached hydrogens (tertiary/aromatic N) is 2. The van der Waals surface area contributed by atoms with Gasteiger partial charge >= 0.3 is 0 Å². The number of aryl methyl sites for hydroxylation is 2. The molecule has 2 aromatic carbocycles. The summed E-state index contributed by atoms with van der Waals surface area (Å²) in [6, 6.07) is 16.9. The molecule has 2 nitrogen and oxygen atoms in total. The van der Waals surface area contributed by atoms with E-state index in [0.29, 0.717) is 0 Å². The summed E-state index contributed by atoms with van der Waals surface area (Å²) in [6.07, 6.45) is 2.07. The average molecular weight is 298 g/mol. The predicted octanol–water partition coefficient (Wildman–Crippen LogP) is 4.79. The first kappa shape index (κ1) is 15.6. The summed E-state index contributed by atoms with van der Waals surface area (Å²) in [6.45, 7) is 5.09. The van der Waals surface area contributed by atoms with Gasteiger partial charge in [0.05, 0.1) is 5.69 Å². The highest BCUT2D eigenvalue weighted by Gasteiger charge is 2.07. The van der Waals surface area contributed by atoms with E-state index in [2.05, 4.69) is 74.5 Å². The standard InChI is InChI=1S/C18H22N2S/c1-14-10-15(2)12-17(11-14)19-18(21-4)20(3)13-16-8-6-5-7-9-16/h5-12H,13H2,1-4H3/b19-18+. The fourth-order valence-electron chi connectivity index (χ4n) is 2.34. The van der Waals surface area contributed by atoms with Crippen molar-refractivity contribution < 1.29 is 0 Å². The van der Waals surface area contributed by atoms with Gasteiger partial charge in [-0.25, -0.2) is 4.99 Å². The zero-order valence-corrected chi connectivity index (χ0v) is 13.9. The summed E-state index contributed by atoms with van der Waals surface area (Å²) in [5.41, 5.74) is 4.82. The van der Waals surface area contributed by atoms with Gasteiger partial charge in [-0.1, -0.05) is 48.2 Å². The van der Waals surface area contributed by atoms with Crippen LogP contribution < -0.4 is 0 Å². The largest absolute Gasteiger partial charge is 0.350 e. The third-order valence-electron chi connectivity index (χ3n) is 3.20. The maximum absolute atomic E-state index is 4.80. The Bertz CT molecular complexity index is 600. The molecule has 0 aliphatic carbocycles. The lowest BCUT2D eigenvalue weighted by Gasteiger charge is -2.20. The Balaban J connectivity index is 2.19. The number of thioether (sulfide) groups is 1. The van der Waals surface area contributed by atoms with Crippen molar-refractivity contribution in [3.8, 4) is 0 Å². The SMILES string of the molecule is CS/C(=N/c1cc(C)cc(C)c1)N(C)Cc1ccccc1. The molecule has 0 N–H and O–H groups in total. The monoisotopic (exact) mass is 298 g/mol. The quantitative estimate of drug-likeness (QED) is 0.598. The lowest BCUT2D eigenvalue weighted by molar-refractivity contribution is 0.511. The van der Waals surface area contributed by atoms with Crippen LogP contribution in [0.2, 0.25) is 0 Å². The summed E-state index contributed by atoms with van der Waals surface area (Å²) in [5, 5.41) is 1.03. The van der Waals surface area contributed by atoms with Crippen molar-refractivity contribution in [2.24, 2.45) is 4.99 Å². The molecule has 0 unspecified atom stereocenters. The second-order valence-corrected chi connectivity index (χ2v) is 6.06. The summed E-state index contributed by atoms with van der Waals surface area (Å²) < 4.78 is 0. The molecule has 0 atom stereocenters. The van der Waals surface area contributed by atoms with E-state index < -0.39 is 0 Å². The van der Waals surface area contributed by atoms with Crippen molar-refractivity contribution in [3.05, 3.63) is 65.2 Å². The summed E-state index contributed by atoms with van der Waals surface area (Å²) in [5.74, 6) is 0. The molecule has 0 aliphatic heterocycles. The van der Waals surface area contributed by atoms with Gasteiger partial charge in [0.2, 0.25) is 0 Å². The molecule has 2 rings (SSSR count). The fourth-order valence-corrected chi connectivity index (χ4v) is 2.91. The minimum absolute atomic E-state index is 0.866. The van der Waals surface area contributed by atoms with Gasteiger partial charge < -0.3 is 4.90 Å². The molecular weight excluding hydrogens is 276 g/mol. The predicted molar refractivity (Wildman–Crippen MR) is 94.4 cm³/mol. The Morgan fingerprint density at radius 1 is 1.05 bits per heavy atom. The minimum atomic E-state index is 0.866. The summed E-state index contributed by atoms with van der Waals surface area (Å²) in [7, 11) is 2.09. The molecule has 0 saturated heterocycles. The van der Waals surface area contributed by atoms with Crippen LogP contribution in [0.1, 0.15) is 16.7 Å². The highest BCUT2D eigenvalue weighted by molar-refractivity contribution is 8.13. The maximum atomic E-state index is 4.80. The van der Waals surface area contributed by atoms with Crippen LogP contribution in [0.4, 0.5) is 5.69 Å². The van der Waals surface area contributed by atoms with Crippen LogP contribution in [0, 0.1) is 13.8 Å². The molecule has 3 heteroatoms. The van der Waals surface area contributed by atoms with Crippen molar-refractivity contribution >= 4 is 22.6 Å². The third kappa shape index (κ3) is 4.64. The van der Waals surface area contributed by atoms with Gasteiger partial charge in [-0.3, -0.25) is 0 Å². The second-order valence-electron chi connectivity index (χ2n) is 5.29. The third-order valence-corrected chi connectivity index (χ3v) is 3.97. The summed E-state index contributed by atoms with van der Waals surface area (Å²) in [4.78, 5) is 6.99. The van der Waals surface area contributed by atoms with Crippen LogP contribution in [-0.2, 0) is 6.54 Å². The molecule has 0 amide bonds. The molecule has 0 bridgehead atoms. The van der Waals surface area contributed by atoms with E-state index in [0.717, 1.165) is 17.4 Å². The highest BCUT2D eigenvalue weighted by Crippen LogP contribution is 2.20. The van der Waals surface area contributed by atoms with E-state index in [1.165, 1.54) is 16.7 Å². The molecule has 0 fully saturated rings. The van der Waals surface area contributed by atoms with Crippen molar-refractivity contribution in [2.75, 3.05) is 13.3 Å². The van der Waals surface area contributed by atoms with Gasteiger partial charge in [-0.15, -0.1) is 0 Å². The molecule has 0 radical (unpaired) electrons. The van der Waals surface area contributed by atoms with Gasteiger partial charge in [0.25, 0.3) is 0 Å². The van der Waals surface area contributed by atoms with E-state index in [-0.39, 0.29) is 0 Å². The van der Waals surface area contributed by atoms with Crippen molar-refractivity contribution in [1.82, 2.24) is 4.90 Å². The number of rotatable bonds is 3. The Hall–Kier alpha value is -1.74. The molecule has 0 aromatic heterocycles. The maximum Gasteiger partial charge on any atom is 0.164 e. The van der Waals surface area contributed by atoms with Gasteiger partial charge in [0.1, 0.15) is 0 Å². The molecule has 0 spiro atoms. The zero-order valence-electron chi connectivity index (χ0n) is 13.1. The first-order valence-electron chi connectivity index (χ1n) is 7.04. The minimum Gasteiger partial charge on any atom is -0.350 e. The van der Waals surface area contributed by atoms with Crippen LogP contribution in [0.5, 0.6) is 0 Å². The number of amidine groups is 1. The topological polar surface area (TPSA) is 15.6 Å². The second kappa shape index (κ2) is 7.32. The van der Waals surface area contributed by atoms with Crippen LogP contribution in [0.3, 0.4) is 0 Å². The Morgan fingerprint density at radius 2 is 1.67 bits per heavy atom. The Morgan fingerprint density at radius 3 is 2.24 bits per heavy atom. The van der Waals surface area contributed by atoms with Gasteiger partial charge in [0, 0.05) is 13.6 Å². The lowest BCUT2D eigenvalue weighted by Crippen LogP contribution is -2.23. The molecule has 0 heterocycles. The number of hydrogen-bond donors (Lipinski definition) is 0. The number of hydrogen-bond acceptors (Lipinski definition) is 2. The highest BCUT2D eigenvalue weighted by atomic mass is 32.2. The molecule has 0 saturated carbocycles. The van der Waals surface area contributed by atoms with Crippen LogP contribution in [-0.4, -0.2) is 23.4 Å². The Labute approximate surface area is 131 Å². The van der Waals surface area contributed by atoms with Gasteiger partial charge in [-0.05, 0) is 48.9 Å². The molecule has 2 aromatic rings. The molecule has 21 heavy (non-hydrogen) atoms. The average Bonchev–Trinajstić information content (AvgIpc) is 2.44. The smallest absolute Gasteiger partial charge is 0.164 e. The fraction of sp³-hybridized carbons (Fsp3) is 0.278. The van der Waals surface area contributed by atoms with Crippen molar-refractivity contribution in [3.63, 3.8) is 0 Å². The van der Waals surface area contributed by atoms with E-state index in [9.17, 15) is 0 Å². The van der Waals surface area contributed by atoms with Crippen molar-refractivity contribution in [2.45, 2.75) is 20.4 Å².